The van der Waals surface area contributed by atoms with Crippen molar-refractivity contribution in [2.24, 2.45) is 0 Å². The van der Waals surface area contributed by atoms with Crippen molar-refractivity contribution in [3.63, 3.8) is 0 Å². The van der Waals surface area contributed by atoms with Crippen LogP contribution in [0.25, 0.3) is 0 Å². The fraction of sp³-hybridized carbons (Fsp3) is 0.125. The van der Waals surface area contributed by atoms with Crippen LogP contribution in [0.2, 0.25) is 0 Å². The maximum atomic E-state index is 11.3. The molecule has 2 aromatic heterocycles. The molecule has 6 heteroatoms. The number of carbonyl (C=O) groups excluding carboxylic acids is 1. The van der Waals surface area contributed by atoms with E-state index in [-0.39, 0.29) is 6.61 Å². The van der Waals surface area contributed by atoms with Crippen molar-refractivity contribution in [2.45, 2.75) is 6.61 Å². The van der Waals surface area contributed by atoms with Gasteiger partial charge in [-0.1, -0.05) is 0 Å². The molecule has 14 heavy (non-hydrogen) atoms. The lowest BCUT2D eigenvalue weighted by Gasteiger charge is -1.99. The number of aromatic nitrogens is 3. The normalized spacial score (nSPS) is 10.0. The van der Waals surface area contributed by atoms with Gasteiger partial charge in [0.1, 0.15) is 12.3 Å². The first kappa shape index (κ1) is 8.89. The number of rotatable bonds is 3. The number of hydrogen-bond acceptors (Lipinski definition) is 5. The first-order chi connectivity index (χ1) is 6.86. The first-order valence-electron chi connectivity index (χ1n) is 3.90. The predicted molar refractivity (Wildman–Crippen MR) is 49.8 cm³/mol. The highest BCUT2D eigenvalue weighted by Crippen LogP contribution is 2.04. The second-order valence-corrected chi connectivity index (χ2v) is 3.24. The van der Waals surface area contributed by atoms with Crippen LogP contribution < -0.4 is 0 Å². The Hall–Kier alpha value is -1.69. The molecule has 0 radical (unpaired) electrons. The Labute approximate surface area is 83.8 Å². The van der Waals surface area contributed by atoms with Gasteiger partial charge in [-0.25, -0.2) is 9.78 Å². The Balaban J connectivity index is 1.90. The van der Waals surface area contributed by atoms with Crippen LogP contribution in [0.1, 0.15) is 16.2 Å². The molecule has 0 saturated heterocycles. The van der Waals surface area contributed by atoms with Gasteiger partial charge in [-0.15, -0.1) is 11.3 Å². The maximum absolute atomic E-state index is 11.3. The molecule has 2 rings (SSSR count). The van der Waals surface area contributed by atoms with Gasteiger partial charge >= 0.3 is 5.97 Å². The smallest absolute Gasteiger partial charge is 0.356 e. The monoisotopic (exact) mass is 209 g/mol. The topological polar surface area (TPSA) is 67.9 Å². The molecule has 0 aliphatic rings. The Morgan fingerprint density at radius 1 is 1.64 bits per heavy atom. The molecule has 2 heterocycles. The third-order valence-corrected chi connectivity index (χ3v) is 2.19. The number of hydrogen-bond donors (Lipinski definition) is 1. The molecule has 0 unspecified atom stereocenters. The third-order valence-electron chi connectivity index (χ3n) is 1.56. The van der Waals surface area contributed by atoms with Gasteiger partial charge in [0.2, 0.25) is 0 Å². The number of thiazole rings is 1. The summed E-state index contributed by atoms with van der Waals surface area (Å²) in [7, 11) is 0. The number of nitrogens with one attached hydrogen (secondary N) is 1. The van der Waals surface area contributed by atoms with E-state index < -0.39 is 5.97 Å². The van der Waals surface area contributed by atoms with E-state index in [4.69, 9.17) is 4.74 Å². The predicted octanol–water partition coefficient (Wildman–Crippen LogP) is 1.22. The minimum Gasteiger partial charge on any atom is -0.454 e. The van der Waals surface area contributed by atoms with Crippen LogP contribution in [-0.2, 0) is 11.3 Å². The molecule has 1 N–H and O–H groups in total. The van der Waals surface area contributed by atoms with Crippen LogP contribution in [-0.4, -0.2) is 21.2 Å². The van der Waals surface area contributed by atoms with Gasteiger partial charge in [-0.2, -0.15) is 5.10 Å². The highest BCUT2D eigenvalue weighted by Gasteiger charge is 2.08. The summed E-state index contributed by atoms with van der Waals surface area (Å²) in [5.74, 6) is -0.421. The molecular formula is C8H7N3O2S. The summed E-state index contributed by atoms with van der Waals surface area (Å²) in [6.45, 7) is 0.196. The van der Waals surface area contributed by atoms with Crippen molar-refractivity contribution >= 4 is 17.3 Å². The van der Waals surface area contributed by atoms with Crippen molar-refractivity contribution in [3.05, 3.63) is 34.5 Å². The molecule has 0 aliphatic heterocycles. The SMILES string of the molecule is O=C(OCc1cscn1)c1ccn[nH]1. The molecule has 0 saturated carbocycles. The number of esters is 1. The number of carbonyl (C=O) groups is 1. The van der Waals surface area contributed by atoms with E-state index in [9.17, 15) is 4.79 Å². The van der Waals surface area contributed by atoms with Crippen molar-refractivity contribution in [3.8, 4) is 0 Å². The Kier molecular flexibility index (Phi) is 2.55. The van der Waals surface area contributed by atoms with E-state index in [1.165, 1.54) is 17.5 Å². The van der Waals surface area contributed by atoms with Crippen molar-refractivity contribution < 1.29 is 9.53 Å². The summed E-state index contributed by atoms with van der Waals surface area (Å²) >= 11 is 1.47. The van der Waals surface area contributed by atoms with Gasteiger partial charge in [0.25, 0.3) is 0 Å². The second kappa shape index (κ2) is 4.01. The van der Waals surface area contributed by atoms with Crippen LogP contribution in [0.15, 0.2) is 23.2 Å². The summed E-state index contributed by atoms with van der Waals surface area (Å²) in [5, 5.41) is 8.01. The van der Waals surface area contributed by atoms with Crippen molar-refractivity contribution in [2.75, 3.05) is 0 Å². The van der Waals surface area contributed by atoms with Gasteiger partial charge in [0.15, 0.2) is 0 Å². The largest absolute Gasteiger partial charge is 0.454 e. The lowest BCUT2D eigenvalue weighted by atomic mass is 10.4. The molecule has 72 valence electrons. The summed E-state index contributed by atoms with van der Waals surface area (Å²) in [6.07, 6.45) is 1.50. The van der Waals surface area contributed by atoms with Gasteiger partial charge in [0, 0.05) is 11.6 Å². The molecular weight excluding hydrogens is 202 g/mol. The highest BCUT2D eigenvalue weighted by atomic mass is 32.1. The zero-order valence-corrected chi connectivity index (χ0v) is 7.95. The molecule has 5 nitrogen and oxygen atoms in total. The average molecular weight is 209 g/mol. The van der Waals surface area contributed by atoms with E-state index >= 15 is 0 Å². The molecule has 0 fully saturated rings. The van der Waals surface area contributed by atoms with Crippen LogP contribution in [0.5, 0.6) is 0 Å². The fourth-order valence-electron chi connectivity index (χ4n) is 0.896. The Morgan fingerprint density at radius 3 is 3.21 bits per heavy atom. The van der Waals surface area contributed by atoms with E-state index in [1.807, 2.05) is 5.38 Å². The number of aromatic amines is 1. The number of ether oxygens (including phenoxy) is 1. The number of H-pyrrole nitrogens is 1. The van der Waals surface area contributed by atoms with Crippen LogP contribution >= 0.6 is 11.3 Å². The maximum Gasteiger partial charge on any atom is 0.356 e. The fourth-order valence-corrected chi connectivity index (χ4v) is 1.44. The molecule has 0 atom stereocenters. The summed E-state index contributed by atoms with van der Waals surface area (Å²) in [4.78, 5) is 15.3. The van der Waals surface area contributed by atoms with Gasteiger partial charge in [0.05, 0.1) is 11.2 Å². The zero-order chi connectivity index (χ0) is 9.80. The van der Waals surface area contributed by atoms with Crippen molar-refractivity contribution in [1.82, 2.24) is 15.2 Å². The molecule has 0 amide bonds. The van der Waals surface area contributed by atoms with E-state index in [2.05, 4.69) is 15.2 Å². The summed E-state index contributed by atoms with van der Waals surface area (Å²) in [6, 6.07) is 1.56. The standard InChI is InChI=1S/C8H7N3O2S/c12-8(7-1-2-10-11-7)13-3-6-4-14-5-9-6/h1-2,4-5H,3H2,(H,10,11). The minimum absolute atomic E-state index is 0.196. The molecule has 0 aliphatic carbocycles. The third kappa shape index (κ3) is 1.97. The van der Waals surface area contributed by atoms with E-state index in [0.29, 0.717) is 5.69 Å². The average Bonchev–Trinajstić information content (AvgIpc) is 2.87. The summed E-state index contributed by atoms with van der Waals surface area (Å²) < 4.78 is 4.96. The van der Waals surface area contributed by atoms with Crippen LogP contribution in [0, 0.1) is 0 Å². The van der Waals surface area contributed by atoms with Crippen LogP contribution in [0.3, 0.4) is 0 Å². The lowest BCUT2D eigenvalue weighted by Crippen LogP contribution is -2.05. The van der Waals surface area contributed by atoms with E-state index in [1.54, 1.807) is 11.6 Å². The molecule has 0 aromatic carbocycles. The molecule has 0 bridgehead atoms. The minimum atomic E-state index is -0.421. The lowest BCUT2D eigenvalue weighted by molar-refractivity contribution is 0.0461. The zero-order valence-electron chi connectivity index (χ0n) is 7.14. The highest BCUT2D eigenvalue weighted by molar-refractivity contribution is 7.07. The van der Waals surface area contributed by atoms with Gasteiger partial charge in [-0.3, -0.25) is 5.10 Å². The van der Waals surface area contributed by atoms with Gasteiger partial charge in [-0.05, 0) is 6.07 Å². The van der Waals surface area contributed by atoms with Gasteiger partial charge < -0.3 is 4.74 Å². The van der Waals surface area contributed by atoms with Crippen LogP contribution in [0.4, 0.5) is 0 Å². The molecule has 0 spiro atoms. The Morgan fingerprint density at radius 2 is 2.57 bits per heavy atom. The first-order valence-corrected chi connectivity index (χ1v) is 4.84. The second-order valence-electron chi connectivity index (χ2n) is 2.53. The quantitative estimate of drug-likeness (QED) is 0.772. The number of nitrogens with zero attached hydrogens (tertiary/aromatic N) is 2. The summed E-state index contributed by atoms with van der Waals surface area (Å²) in [5.41, 5.74) is 2.79. The Bertz CT molecular complexity index is 396. The van der Waals surface area contributed by atoms with E-state index in [0.717, 1.165) is 5.69 Å². The van der Waals surface area contributed by atoms with Crippen molar-refractivity contribution in [1.29, 1.82) is 0 Å². The molecule has 2 aromatic rings.